The largest absolute Gasteiger partial charge is 0.350 e. The van der Waals surface area contributed by atoms with Crippen LogP contribution in [-0.2, 0) is 4.79 Å². The number of hydrogen-bond acceptors (Lipinski definition) is 1. The third-order valence-electron chi connectivity index (χ3n) is 2.98. The molecule has 0 heterocycles. The van der Waals surface area contributed by atoms with E-state index in [-0.39, 0.29) is 11.9 Å². The highest BCUT2D eigenvalue weighted by Crippen LogP contribution is 2.25. The Bertz CT molecular complexity index is 528. The van der Waals surface area contributed by atoms with Gasteiger partial charge in [0.15, 0.2) is 0 Å². The fourth-order valence-corrected chi connectivity index (χ4v) is 2.20. The zero-order chi connectivity index (χ0) is 12.3. The van der Waals surface area contributed by atoms with E-state index in [1.54, 1.807) is 6.92 Å². The standard InChI is InChI=1S/C15H17NO/c1-3-15(16-11(2)17)14-10-6-8-12-7-4-5-9-13(12)14/h4-10,15H,3H2,1-2H3,(H,16,17). The molecule has 2 rings (SSSR count). The Kier molecular flexibility index (Phi) is 3.43. The SMILES string of the molecule is CCC(NC(C)=O)c1cccc2ccccc12. The molecule has 1 unspecified atom stereocenters. The average Bonchev–Trinajstić information content (AvgIpc) is 2.35. The minimum atomic E-state index is 0.0183. The number of nitrogens with one attached hydrogen (secondary N) is 1. The number of carbonyl (C=O) groups is 1. The van der Waals surface area contributed by atoms with Crippen molar-refractivity contribution < 1.29 is 4.79 Å². The predicted octanol–water partition coefficient (Wildman–Crippen LogP) is 3.43. The van der Waals surface area contributed by atoms with Crippen LogP contribution in [0.15, 0.2) is 42.5 Å². The van der Waals surface area contributed by atoms with Crippen LogP contribution < -0.4 is 5.32 Å². The maximum absolute atomic E-state index is 11.2. The molecule has 0 saturated heterocycles. The first kappa shape index (κ1) is 11.6. The predicted molar refractivity (Wildman–Crippen MR) is 70.8 cm³/mol. The number of rotatable bonds is 3. The highest BCUT2D eigenvalue weighted by molar-refractivity contribution is 5.86. The fourth-order valence-electron chi connectivity index (χ4n) is 2.20. The summed E-state index contributed by atoms with van der Waals surface area (Å²) in [5.41, 5.74) is 1.20. The zero-order valence-corrected chi connectivity index (χ0v) is 10.2. The summed E-state index contributed by atoms with van der Waals surface area (Å²) in [5.74, 6) is 0.0183. The lowest BCUT2D eigenvalue weighted by Gasteiger charge is -2.18. The van der Waals surface area contributed by atoms with E-state index in [4.69, 9.17) is 0 Å². The maximum Gasteiger partial charge on any atom is 0.217 e. The quantitative estimate of drug-likeness (QED) is 0.855. The van der Waals surface area contributed by atoms with E-state index < -0.39 is 0 Å². The van der Waals surface area contributed by atoms with Crippen molar-refractivity contribution in [1.29, 1.82) is 0 Å². The lowest BCUT2D eigenvalue weighted by atomic mass is 9.97. The Morgan fingerprint density at radius 1 is 1.18 bits per heavy atom. The van der Waals surface area contributed by atoms with Gasteiger partial charge in [-0.25, -0.2) is 0 Å². The van der Waals surface area contributed by atoms with Crippen LogP contribution in [0.1, 0.15) is 31.9 Å². The third kappa shape index (κ3) is 2.47. The second kappa shape index (κ2) is 5.00. The van der Waals surface area contributed by atoms with Gasteiger partial charge in [0.2, 0.25) is 5.91 Å². The molecule has 2 heteroatoms. The van der Waals surface area contributed by atoms with Crippen molar-refractivity contribution in [2.24, 2.45) is 0 Å². The van der Waals surface area contributed by atoms with E-state index in [1.807, 2.05) is 18.2 Å². The summed E-state index contributed by atoms with van der Waals surface area (Å²) in [5, 5.41) is 5.43. The Balaban J connectivity index is 2.49. The molecule has 17 heavy (non-hydrogen) atoms. The monoisotopic (exact) mass is 227 g/mol. The van der Waals surface area contributed by atoms with Gasteiger partial charge in [-0.3, -0.25) is 4.79 Å². The van der Waals surface area contributed by atoms with Gasteiger partial charge in [-0.05, 0) is 22.8 Å². The molecule has 0 radical (unpaired) electrons. The number of benzene rings is 2. The Hall–Kier alpha value is -1.83. The molecule has 1 N–H and O–H groups in total. The first-order valence-corrected chi connectivity index (χ1v) is 5.97. The number of hydrogen-bond donors (Lipinski definition) is 1. The van der Waals surface area contributed by atoms with Crippen molar-refractivity contribution in [2.75, 3.05) is 0 Å². The maximum atomic E-state index is 11.2. The third-order valence-corrected chi connectivity index (χ3v) is 2.98. The van der Waals surface area contributed by atoms with Crippen LogP contribution in [0, 0.1) is 0 Å². The van der Waals surface area contributed by atoms with Gasteiger partial charge in [0.1, 0.15) is 0 Å². The number of amides is 1. The Morgan fingerprint density at radius 2 is 1.88 bits per heavy atom. The molecule has 0 aliphatic heterocycles. The molecule has 88 valence electrons. The lowest BCUT2D eigenvalue weighted by Crippen LogP contribution is -2.25. The molecule has 1 amide bonds. The molecule has 2 nitrogen and oxygen atoms in total. The molecule has 0 bridgehead atoms. The van der Waals surface area contributed by atoms with Crippen molar-refractivity contribution in [3.63, 3.8) is 0 Å². The highest BCUT2D eigenvalue weighted by atomic mass is 16.1. The van der Waals surface area contributed by atoms with Crippen LogP contribution in [0.3, 0.4) is 0 Å². The lowest BCUT2D eigenvalue weighted by molar-refractivity contribution is -0.119. The zero-order valence-electron chi connectivity index (χ0n) is 10.2. The van der Waals surface area contributed by atoms with Crippen LogP contribution in [0.2, 0.25) is 0 Å². The van der Waals surface area contributed by atoms with E-state index in [2.05, 4.69) is 36.5 Å². The van der Waals surface area contributed by atoms with Gasteiger partial charge in [-0.1, -0.05) is 49.4 Å². The molecule has 0 aromatic heterocycles. The van der Waals surface area contributed by atoms with Gasteiger partial charge in [0.05, 0.1) is 6.04 Å². The van der Waals surface area contributed by atoms with E-state index in [9.17, 15) is 4.79 Å². The van der Waals surface area contributed by atoms with Crippen molar-refractivity contribution in [3.8, 4) is 0 Å². The number of fused-ring (bicyclic) bond motifs is 1. The van der Waals surface area contributed by atoms with Crippen molar-refractivity contribution in [3.05, 3.63) is 48.0 Å². The molecule has 0 spiro atoms. The summed E-state index contributed by atoms with van der Waals surface area (Å²) in [4.78, 5) is 11.2. The molecule has 2 aromatic rings. The highest BCUT2D eigenvalue weighted by Gasteiger charge is 2.12. The normalized spacial score (nSPS) is 12.4. The van der Waals surface area contributed by atoms with Gasteiger partial charge in [0.25, 0.3) is 0 Å². The van der Waals surface area contributed by atoms with Crippen LogP contribution in [0.25, 0.3) is 10.8 Å². The van der Waals surface area contributed by atoms with E-state index in [0.29, 0.717) is 0 Å². The van der Waals surface area contributed by atoms with Crippen molar-refractivity contribution in [2.45, 2.75) is 26.3 Å². The van der Waals surface area contributed by atoms with Crippen molar-refractivity contribution in [1.82, 2.24) is 5.32 Å². The van der Waals surface area contributed by atoms with E-state index in [0.717, 1.165) is 6.42 Å². The first-order valence-electron chi connectivity index (χ1n) is 5.97. The average molecular weight is 227 g/mol. The van der Waals surface area contributed by atoms with Gasteiger partial charge in [-0.2, -0.15) is 0 Å². The second-order valence-corrected chi connectivity index (χ2v) is 4.23. The fraction of sp³-hybridized carbons (Fsp3) is 0.267. The summed E-state index contributed by atoms with van der Waals surface area (Å²) in [6.45, 7) is 3.65. The second-order valence-electron chi connectivity index (χ2n) is 4.23. The molecule has 0 aliphatic rings. The van der Waals surface area contributed by atoms with Gasteiger partial charge >= 0.3 is 0 Å². The van der Waals surface area contributed by atoms with E-state index >= 15 is 0 Å². The van der Waals surface area contributed by atoms with E-state index in [1.165, 1.54) is 16.3 Å². The molecule has 0 saturated carbocycles. The molecule has 1 atom stereocenters. The molecular formula is C15H17NO. The molecule has 0 fully saturated rings. The molecule has 2 aromatic carbocycles. The van der Waals surface area contributed by atoms with Crippen LogP contribution >= 0.6 is 0 Å². The van der Waals surface area contributed by atoms with Crippen LogP contribution in [-0.4, -0.2) is 5.91 Å². The smallest absolute Gasteiger partial charge is 0.217 e. The summed E-state index contributed by atoms with van der Waals surface area (Å²) in [6, 6.07) is 14.6. The summed E-state index contributed by atoms with van der Waals surface area (Å²) >= 11 is 0. The topological polar surface area (TPSA) is 29.1 Å². The first-order chi connectivity index (χ1) is 8.22. The Morgan fingerprint density at radius 3 is 2.59 bits per heavy atom. The summed E-state index contributed by atoms with van der Waals surface area (Å²) < 4.78 is 0. The Labute approximate surface area is 102 Å². The van der Waals surface area contributed by atoms with Gasteiger partial charge in [-0.15, -0.1) is 0 Å². The van der Waals surface area contributed by atoms with Crippen LogP contribution in [0.4, 0.5) is 0 Å². The minimum absolute atomic E-state index is 0.0183. The van der Waals surface area contributed by atoms with Gasteiger partial charge in [0, 0.05) is 6.92 Å². The molecule has 0 aliphatic carbocycles. The summed E-state index contributed by atoms with van der Waals surface area (Å²) in [7, 11) is 0. The minimum Gasteiger partial charge on any atom is -0.350 e. The number of carbonyl (C=O) groups excluding carboxylic acids is 1. The van der Waals surface area contributed by atoms with Gasteiger partial charge < -0.3 is 5.32 Å². The van der Waals surface area contributed by atoms with Crippen LogP contribution in [0.5, 0.6) is 0 Å². The summed E-state index contributed by atoms with van der Waals surface area (Å²) in [6.07, 6.45) is 0.896. The van der Waals surface area contributed by atoms with Crippen molar-refractivity contribution >= 4 is 16.7 Å². The molecular weight excluding hydrogens is 210 g/mol.